The number of rotatable bonds is 10. The Bertz CT molecular complexity index is 180. The molecule has 0 bridgehead atoms. The van der Waals surface area contributed by atoms with Crippen molar-refractivity contribution in [3.8, 4) is 0 Å². The normalized spacial score (nSPS) is 14.8. The molecule has 0 radical (unpaired) electrons. The zero-order valence-electron chi connectivity index (χ0n) is 11.5. The lowest BCUT2D eigenvalue weighted by molar-refractivity contribution is 0.0582. The summed E-state index contributed by atoms with van der Waals surface area (Å²) in [6.45, 7) is 11.5. The molecule has 0 rings (SSSR count). The Kier molecular flexibility index (Phi) is 9.65. The van der Waals surface area contributed by atoms with Gasteiger partial charge < -0.3 is 10.1 Å². The predicted molar refractivity (Wildman–Crippen MR) is 71.8 cm³/mol. The van der Waals surface area contributed by atoms with E-state index in [2.05, 4.69) is 32.7 Å². The molecule has 0 aromatic carbocycles. The molecule has 2 heteroatoms. The summed E-state index contributed by atoms with van der Waals surface area (Å²) in [5, 5.41) is 3.59. The molecule has 96 valence electrons. The fourth-order valence-corrected chi connectivity index (χ4v) is 1.92. The van der Waals surface area contributed by atoms with E-state index in [1.807, 2.05) is 7.11 Å². The predicted octanol–water partition coefficient (Wildman–Crippen LogP) is 3.53. The van der Waals surface area contributed by atoms with Gasteiger partial charge in [0, 0.05) is 13.2 Å². The molecule has 1 N–H and O–H groups in total. The second-order valence-corrected chi connectivity index (χ2v) is 4.62. The second kappa shape index (κ2) is 9.86. The second-order valence-electron chi connectivity index (χ2n) is 4.62. The van der Waals surface area contributed by atoms with Gasteiger partial charge in [0.1, 0.15) is 0 Å². The average Bonchev–Trinajstić information content (AvgIpc) is 2.26. The SMILES string of the molecule is C=C(C)CCC(NCCC)C(CCC)OC. The van der Waals surface area contributed by atoms with Crippen molar-refractivity contribution in [3.63, 3.8) is 0 Å². The average molecular weight is 227 g/mol. The summed E-state index contributed by atoms with van der Waals surface area (Å²) in [6.07, 6.45) is 6.05. The van der Waals surface area contributed by atoms with Crippen LogP contribution in [0.25, 0.3) is 0 Å². The Balaban J connectivity index is 4.18. The summed E-state index contributed by atoms with van der Waals surface area (Å²) in [4.78, 5) is 0. The zero-order chi connectivity index (χ0) is 12.4. The molecule has 0 aliphatic heterocycles. The van der Waals surface area contributed by atoms with Crippen LogP contribution in [0.1, 0.15) is 52.9 Å². The van der Waals surface area contributed by atoms with Crippen molar-refractivity contribution in [2.24, 2.45) is 0 Å². The van der Waals surface area contributed by atoms with Gasteiger partial charge in [-0.15, -0.1) is 6.58 Å². The summed E-state index contributed by atoms with van der Waals surface area (Å²) in [5.41, 5.74) is 1.26. The summed E-state index contributed by atoms with van der Waals surface area (Å²) in [7, 11) is 1.82. The molecular weight excluding hydrogens is 198 g/mol. The zero-order valence-corrected chi connectivity index (χ0v) is 11.5. The van der Waals surface area contributed by atoms with Crippen LogP contribution >= 0.6 is 0 Å². The minimum Gasteiger partial charge on any atom is -0.380 e. The third-order valence-corrected chi connectivity index (χ3v) is 2.86. The van der Waals surface area contributed by atoms with Gasteiger partial charge in [0.2, 0.25) is 0 Å². The number of methoxy groups -OCH3 is 1. The van der Waals surface area contributed by atoms with Gasteiger partial charge in [-0.25, -0.2) is 0 Å². The molecule has 0 saturated heterocycles. The first kappa shape index (κ1) is 15.7. The topological polar surface area (TPSA) is 21.3 Å². The van der Waals surface area contributed by atoms with Crippen molar-refractivity contribution in [2.45, 2.75) is 65.0 Å². The molecule has 0 fully saturated rings. The molecule has 0 aromatic heterocycles. The molecule has 0 aliphatic carbocycles. The van der Waals surface area contributed by atoms with Gasteiger partial charge in [0.05, 0.1) is 6.10 Å². The molecular formula is C14H29NO. The number of nitrogens with one attached hydrogen (secondary N) is 1. The largest absolute Gasteiger partial charge is 0.380 e. The van der Waals surface area contributed by atoms with Gasteiger partial charge in [-0.3, -0.25) is 0 Å². The minimum absolute atomic E-state index is 0.343. The third-order valence-electron chi connectivity index (χ3n) is 2.86. The van der Waals surface area contributed by atoms with Gasteiger partial charge in [0.15, 0.2) is 0 Å². The maximum Gasteiger partial charge on any atom is 0.0724 e. The van der Waals surface area contributed by atoms with Crippen molar-refractivity contribution in [1.29, 1.82) is 0 Å². The molecule has 0 spiro atoms. The molecule has 0 aliphatic rings. The summed E-state index contributed by atoms with van der Waals surface area (Å²) in [5.74, 6) is 0. The van der Waals surface area contributed by atoms with E-state index in [1.54, 1.807) is 0 Å². The van der Waals surface area contributed by atoms with Gasteiger partial charge in [0.25, 0.3) is 0 Å². The summed E-state index contributed by atoms with van der Waals surface area (Å²) in [6, 6.07) is 0.474. The van der Waals surface area contributed by atoms with Crippen LogP contribution in [-0.2, 0) is 4.74 Å². The van der Waals surface area contributed by atoms with E-state index in [0.717, 1.165) is 25.8 Å². The summed E-state index contributed by atoms with van der Waals surface area (Å²) < 4.78 is 5.59. The van der Waals surface area contributed by atoms with Crippen LogP contribution in [0.3, 0.4) is 0 Å². The lowest BCUT2D eigenvalue weighted by Gasteiger charge is -2.27. The van der Waals surface area contributed by atoms with Gasteiger partial charge in [-0.1, -0.05) is 25.8 Å². The highest BCUT2D eigenvalue weighted by atomic mass is 16.5. The van der Waals surface area contributed by atoms with Gasteiger partial charge >= 0.3 is 0 Å². The number of allylic oxidation sites excluding steroid dienone is 1. The van der Waals surface area contributed by atoms with E-state index in [1.165, 1.54) is 18.4 Å². The van der Waals surface area contributed by atoms with E-state index in [4.69, 9.17) is 4.74 Å². The first-order chi connectivity index (χ1) is 7.65. The Labute approximate surface area is 101 Å². The molecule has 0 amide bonds. The third kappa shape index (κ3) is 7.02. The lowest BCUT2D eigenvalue weighted by Crippen LogP contribution is -2.41. The van der Waals surface area contributed by atoms with Gasteiger partial charge in [-0.2, -0.15) is 0 Å². The highest BCUT2D eigenvalue weighted by molar-refractivity contribution is 4.90. The molecule has 2 atom stereocenters. The highest BCUT2D eigenvalue weighted by Crippen LogP contribution is 2.14. The first-order valence-electron chi connectivity index (χ1n) is 6.56. The first-order valence-corrected chi connectivity index (χ1v) is 6.56. The molecule has 2 unspecified atom stereocenters. The van der Waals surface area contributed by atoms with Crippen LogP contribution in [0.4, 0.5) is 0 Å². The monoisotopic (exact) mass is 227 g/mol. The van der Waals surface area contributed by atoms with Crippen LogP contribution in [-0.4, -0.2) is 25.8 Å². The molecule has 0 heterocycles. The van der Waals surface area contributed by atoms with E-state index in [9.17, 15) is 0 Å². The van der Waals surface area contributed by atoms with E-state index in [-0.39, 0.29) is 0 Å². The minimum atomic E-state index is 0.343. The Morgan fingerprint density at radius 3 is 2.38 bits per heavy atom. The van der Waals surface area contributed by atoms with E-state index < -0.39 is 0 Å². The molecule has 0 aromatic rings. The maximum absolute atomic E-state index is 5.59. The summed E-state index contributed by atoms with van der Waals surface area (Å²) >= 11 is 0. The van der Waals surface area contributed by atoms with Crippen LogP contribution in [0.2, 0.25) is 0 Å². The standard InChI is InChI=1S/C14H29NO/c1-6-8-14(16-5)13(15-11-7-2)10-9-12(3)4/h13-15H,3,6-11H2,1-2,4-5H3. The van der Waals surface area contributed by atoms with Crippen LogP contribution in [0.5, 0.6) is 0 Å². The fourth-order valence-electron chi connectivity index (χ4n) is 1.92. The number of ether oxygens (including phenoxy) is 1. The van der Waals surface area contributed by atoms with E-state index >= 15 is 0 Å². The van der Waals surface area contributed by atoms with Crippen molar-refractivity contribution in [3.05, 3.63) is 12.2 Å². The Morgan fingerprint density at radius 1 is 1.25 bits per heavy atom. The van der Waals surface area contributed by atoms with Gasteiger partial charge in [-0.05, 0) is 39.2 Å². The lowest BCUT2D eigenvalue weighted by atomic mass is 9.99. The Hall–Kier alpha value is -0.340. The van der Waals surface area contributed by atoms with Crippen molar-refractivity contribution in [2.75, 3.05) is 13.7 Å². The number of hydrogen-bond donors (Lipinski definition) is 1. The molecule has 0 saturated carbocycles. The quantitative estimate of drug-likeness (QED) is 0.577. The van der Waals surface area contributed by atoms with Crippen LogP contribution in [0.15, 0.2) is 12.2 Å². The van der Waals surface area contributed by atoms with E-state index in [0.29, 0.717) is 12.1 Å². The Morgan fingerprint density at radius 2 is 1.94 bits per heavy atom. The molecule has 2 nitrogen and oxygen atoms in total. The maximum atomic E-state index is 5.59. The smallest absolute Gasteiger partial charge is 0.0724 e. The molecule has 16 heavy (non-hydrogen) atoms. The highest BCUT2D eigenvalue weighted by Gasteiger charge is 2.19. The van der Waals surface area contributed by atoms with Crippen LogP contribution in [0, 0.1) is 0 Å². The van der Waals surface area contributed by atoms with Crippen molar-refractivity contribution < 1.29 is 4.74 Å². The number of hydrogen-bond acceptors (Lipinski definition) is 2. The van der Waals surface area contributed by atoms with Crippen molar-refractivity contribution in [1.82, 2.24) is 5.32 Å². The fraction of sp³-hybridized carbons (Fsp3) is 0.857. The van der Waals surface area contributed by atoms with Crippen molar-refractivity contribution >= 4 is 0 Å². The van der Waals surface area contributed by atoms with Crippen LogP contribution < -0.4 is 5.32 Å².